The summed E-state index contributed by atoms with van der Waals surface area (Å²) in [5.74, 6) is 0. The average Bonchev–Trinajstić information content (AvgIpc) is 2.99. The minimum absolute atomic E-state index is 0.322. The Morgan fingerprint density at radius 2 is 0.629 bits per heavy atom. The van der Waals surface area contributed by atoms with Crippen LogP contribution in [0.2, 0.25) is 195 Å². The van der Waals surface area contributed by atoms with E-state index in [1.807, 2.05) is 0 Å². The number of nitrogens with zero attached hydrogens (tertiary/aromatic N) is 2. The lowest BCUT2D eigenvalue weighted by Crippen LogP contribution is -2.60. The zero-order chi connectivity index (χ0) is 56.5. The van der Waals surface area contributed by atoms with E-state index in [0.717, 1.165) is 12.5 Å². The van der Waals surface area contributed by atoms with Crippen LogP contribution in [0.3, 0.4) is 0 Å². The molecule has 0 aromatic heterocycles. The summed E-state index contributed by atoms with van der Waals surface area (Å²) in [6, 6.07) is 2.22. The number of carbonyl (C=O) groups is 2. The van der Waals surface area contributed by atoms with Crippen LogP contribution in [0.15, 0.2) is 25.4 Å². The van der Waals surface area contributed by atoms with Crippen LogP contribution in [0.25, 0.3) is 0 Å². The molecule has 0 aliphatic rings. The molecule has 0 unspecified atom stereocenters. The number of amides is 2. The molecule has 0 saturated heterocycles. The summed E-state index contributed by atoms with van der Waals surface area (Å²) in [7, 11) is -24.7. The van der Waals surface area contributed by atoms with Crippen LogP contribution in [-0.4, -0.2) is 153 Å². The fourth-order valence-corrected chi connectivity index (χ4v) is 50.7. The van der Waals surface area contributed by atoms with E-state index in [9.17, 15) is 14.7 Å². The highest BCUT2D eigenvalue weighted by molar-refractivity contribution is 6.92. The van der Waals surface area contributed by atoms with Crippen LogP contribution in [-0.2, 0) is 37.0 Å². The van der Waals surface area contributed by atoms with E-state index < -0.39 is 113 Å². The Morgan fingerprint density at radius 3 is 0.800 bits per heavy atom. The van der Waals surface area contributed by atoms with Crippen LogP contribution in [0, 0.1) is 0 Å². The Morgan fingerprint density at radius 1 is 0.400 bits per heavy atom. The molecule has 0 bridgehead atoms. The van der Waals surface area contributed by atoms with Crippen molar-refractivity contribution in [2.45, 2.75) is 221 Å². The van der Waals surface area contributed by atoms with Gasteiger partial charge in [-0.05, 0) is 190 Å². The Kier molecular flexibility index (Phi) is 31.6. The van der Waals surface area contributed by atoms with Crippen LogP contribution in [0.1, 0.15) is 26.2 Å². The lowest BCUT2D eigenvalue weighted by Gasteiger charge is -2.43. The smallest absolute Gasteiger partial charge is 0.465 e. The van der Waals surface area contributed by atoms with Gasteiger partial charge in [-0.1, -0.05) is 26.0 Å². The summed E-state index contributed by atoms with van der Waals surface area (Å²) in [6.45, 7) is 69.2. The Bertz CT molecular complexity index is 1430. The molecule has 0 aliphatic carbocycles. The molecule has 0 heterocycles. The van der Waals surface area contributed by atoms with Gasteiger partial charge in [0.25, 0.3) is 0 Å². The fraction of sp³-hybridized carbons (Fsp3) is 0.860. The third kappa shape index (κ3) is 42.5. The first-order valence-electron chi connectivity index (χ1n) is 25.2. The molecule has 0 aliphatic heterocycles. The van der Waals surface area contributed by atoms with Gasteiger partial charge in [0.1, 0.15) is 0 Å². The Balaban J connectivity index is -0.000000974. The van der Waals surface area contributed by atoms with Gasteiger partial charge in [-0.2, -0.15) is 0 Å². The highest BCUT2D eigenvalue weighted by atomic mass is 28.5. The second-order valence-corrected chi connectivity index (χ2v) is 77.6. The molecule has 15 nitrogen and oxygen atoms in total. The molecule has 2 N–H and O–H groups in total. The SMILES string of the molecule is C=CCN(CCC[Si](O[Si](C)(C)C)(O[Si](C)(C)C)O[Si](C)(C)C)C(=O)O.C=CN(CCC[Si](O[Si](C)(C)C)(O[Si](C)(C)C)O[Si](C)(C)C)C(=O)O.CCC[Si](O[Si](C)(C)C)(O[Si](C)(C)C)O[Si](C)(C)C. The summed E-state index contributed by atoms with van der Waals surface area (Å²) < 4.78 is 59.0. The average molecular weight is 1200 g/mol. The highest BCUT2D eigenvalue weighted by Gasteiger charge is 2.52. The third-order valence-electron chi connectivity index (χ3n) is 7.59. The van der Waals surface area contributed by atoms with Gasteiger partial charge in [0.15, 0.2) is 74.9 Å². The van der Waals surface area contributed by atoms with E-state index in [-0.39, 0.29) is 0 Å². The zero-order valence-corrected chi connectivity index (χ0v) is 62.2. The molecule has 0 atom stereocenters. The monoisotopic (exact) mass is 1200 g/mol. The van der Waals surface area contributed by atoms with Gasteiger partial charge in [0.2, 0.25) is 0 Å². The molecule has 0 rings (SSSR count). The molecule has 70 heavy (non-hydrogen) atoms. The van der Waals surface area contributed by atoms with Crippen molar-refractivity contribution in [1.82, 2.24) is 9.80 Å². The second-order valence-electron chi connectivity index (χ2n) is 26.6. The van der Waals surface area contributed by atoms with Gasteiger partial charge in [-0.15, -0.1) is 6.58 Å². The molecule has 0 spiro atoms. The van der Waals surface area contributed by atoms with Gasteiger partial charge in [0, 0.05) is 44.0 Å². The maximum Gasteiger partial charge on any atom is 0.469 e. The van der Waals surface area contributed by atoms with E-state index in [2.05, 4.69) is 197 Å². The van der Waals surface area contributed by atoms with Crippen LogP contribution in [0.4, 0.5) is 9.59 Å². The van der Waals surface area contributed by atoms with Crippen LogP contribution >= 0.6 is 0 Å². The molecule has 0 fully saturated rings. The summed E-state index contributed by atoms with van der Waals surface area (Å²) in [4.78, 5) is 25.1. The molecule has 0 radical (unpaired) electrons. The van der Waals surface area contributed by atoms with E-state index in [1.54, 1.807) is 6.08 Å². The van der Waals surface area contributed by atoms with Crippen molar-refractivity contribution in [3.63, 3.8) is 0 Å². The standard InChI is InChI=1S/C16H39NO5Si4.C15H37NO5Si4.C12H34O3Si4/c1-11-13-17(16(18)19)14-12-15-26(20-23(2,3)4,21-24(5,6)7)22-25(8,9)10;1-11-16(15(17)18)13-12-14-25(19-22(2,3)4,20-23(5,6)7)21-24(8,9)10;1-11-12-19(13-16(2,3)4,14-17(5,6)7)15-18(8,9)10/h11H,1,12-15H2,2-10H3,(H,18,19);11H,1,12-14H2,2-10H3,(H,17,18);11-12H2,1-10H3. The zero-order valence-electron chi connectivity index (χ0n) is 50.2. The largest absolute Gasteiger partial charge is 0.469 e. The van der Waals surface area contributed by atoms with Gasteiger partial charge in [0.05, 0.1) is 0 Å². The van der Waals surface area contributed by atoms with Gasteiger partial charge in [-0.3, -0.25) is 4.90 Å². The highest BCUT2D eigenvalue weighted by Crippen LogP contribution is 2.33. The van der Waals surface area contributed by atoms with Gasteiger partial charge in [-0.25, -0.2) is 9.59 Å². The minimum Gasteiger partial charge on any atom is -0.465 e. The lowest BCUT2D eigenvalue weighted by atomic mass is 10.4. The molecular weight excluding hydrogens is 1090 g/mol. The number of rotatable bonds is 31. The Hall–Kier alpha value is 0.263. The predicted molar refractivity (Wildman–Crippen MR) is 326 cm³/mol. The van der Waals surface area contributed by atoms with Crippen molar-refractivity contribution >= 4 is 113 Å². The van der Waals surface area contributed by atoms with Crippen molar-refractivity contribution in [2.24, 2.45) is 0 Å². The molecular formula is C43H110N2O13Si12. The van der Waals surface area contributed by atoms with E-state index >= 15 is 0 Å². The first-order chi connectivity index (χ1) is 30.7. The number of carboxylic acid groups (broad SMARTS) is 2. The van der Waals surface area contributed by atoms with E-state index in [1.165, 1.54) is 16.0 Å². The van der Waals surface area contributed by atoms with E-state index in [4.69, 9.17) is 42.1 Å². The molecule has 2 amide bonds. The fourth-order valence-electron chi connectivity index (χ4n) is 6.79. The predicted octanol–water partition coefficient (Wildman–Crippen LogP) is 14.9. The topological polar surface area (TPSA) is 164 Å². The summed E-state index contributed by atoms with van der Waals surface area (Å²) in [6.07, 6.45) is 3.37. The van der Waals surface area contributed by atoms with Crippen LogP contribution in [0.5, 0.6) is 0 Å². The van der Waals surface area contributed by atoms with Crippen molar-refractivity contribution in [3.8, 4) is 0 Å². The second kappa shape index (κ2) is 29.7. The molecule has 418 valence electrons. The summed E-state index contributed by atoms with van der Waals surface area (Å²) >= 11 is 0. The number of hydrogen-bond donors (Lipinski definition) is 2. The van der Waals surface area contributed by atoms with Crippen molar-refractivity contribution < 1.29 is 56.8 Å². The van der Waals surface area contributed by atoms with Crippen LogP contribution < -0.4 is 0 Å². The maximum absolute atomic E-state index is 11.3. The first kappa shape index (κ1) is 74.5. The quantitative estimate of drug-likeness (QED) is 0.0498. The maximum atomic E-state index is 11.3. The minimum atomic E-state index is -2.89. The molecule has 0 aromatic rings. The summed E-state index contributed by atoms with van der Waals surface area (Å²) in [5, 5.41) is 18.5. The van der Waals surface area contributed by atoms with Crippen molar-refractivity contribution in [3.05, 3.63) is 25.4 Å². The first-order valence-corrected chi connectivity index (χ1v) is 61.6. The molecule has 0 saturated carbocycles. The number of hydrogen-bond acceptors (Lipinski definition) is 11. The molecule has 27 heteroatoms. The van der Waals surface area contributed by atoms with Gasteiger partial charge >= 0.3 is 38.6 Å². The normalized spacial score (nSPS) is 13.9. The Labute approximate surface area is 443 Å². The van der Waals surface area contributed by atoms with Crippen molar-refractivity contribution in [1.29, 1.82) is 0 Å². The van der Waals surface area contributed by atoms with Gasteiger partial charge < -0.3 is 52.1 Å². The van der Waals surface area contributed by atoms with E-state index in [0.29, 0.717) is 44.6 Å². The summed E-state index contributed by atoms with van der Waals surface area (Å²) in [5.41, 5.74) is 0. The lowest BCUT2D eigenvalue weighted by molar-refractivity contribution is 0.149. The van der Waals surface area contributed by atoms with Crippen molar-refractivity contribution in [2.75, 3.05) is 19.6 Å². The third-order valence-corrected chi connectivity index (χ3v) is 43.9. The molecule has 0 aromatic carbocycles.